The number of furan rings is 1. The number of hydrogen-bond donors (Lipinski definition) is 3. The van der Waals surface area contributed by atoms with E-state index in [-0.39, 0.29) is 11.8 Å². The Morgan fingerprint density at radius 1 is 1.21 bits per heavy atom. The third-order valence-electron chi connectivity index (χ3n) is 5.07. The Morgan fingerprint density at radius 3 is 2.58 bits per heavy atom. The number of carbonyl (C=O) groups excluding carboxylic acids is 2. The van der Waals surface area contributed by atoms with Gasteiger partial charge in [0.25, 0.3) is 5.91 Å². The molecule has 3 rings (SSSR count). The van der Waals surface area contributed by atoms with Crippen molar-refractivity contribution in [3.05, 3.63) is 23.7 Å². The van der Waals surface area contributed by atoms with Gasteiger partial charge in [-0.05, 0) is 51.0 Å². The molecule has 2 aliphatic heterocycles. The average molecular weight is 333 g/mol. The van der Waals surface area contributed by atoms with Crippen molar-refractivity contribution < 1.29 is 14.0 Å². The summed E-state index contributed by atoms with van der Waals surface area (Å²) in [4.78, 5) is 23.9. The van der Waals surface area contributed by atoms with Gasteiger partial charge in [0.2, 0.25) is 5.91 Å². The summed E-state index contributed by atoms with van der Waals surface area (Å²) >= 11 is 0. The van der Waals surface area contributed by atoms with Crippen molar-refractivity contribution in [2.45, 2.75) is 57.5 Å². The summed E-state index contributed by atoms with van der Waals surface area (Å²) in [5.41, 5.74) is 0.830. The molecule has 1 aromatic rings. The number of rotatable bonds is 7. The number of piperidine rings is 1. The van der Waals surface area contributed by atoms with E-state index in [1.54, 1.807) is 6.07 Å². The molecule has 2 atom stereocenters. The number of amides is 2. The van der Waals surface area contributed by atoms with E-state index in [4.69, 9.17) is 4.42 Å². The number of carbonyl (C=O) groups is 2. The average Bonchev–Trinajstić information content (AvgIpc) is 3.12. The molecule has 2 fully saturated rings. The molecule has 0 spiro atoms. The number of hydrogen-bond acceptors (Lipinski definition) is 4. The normalized spacial score (nSPS) is 25.5. The fraction of sp³-hybridized carbons (Fsp3) is 0.667. The van der Waals surface area contributed by atoms with Gasteiger partial charge in [0.15, 0.2) is 5.76 Å². The van der Waals surface area contributed by atoms with Crippen LogP contribution in [-0.4, -0.2) is 37.0 Å². The van der Waals surface area contributed by atoms with Crippen molar-refractivity contribution in [3.8, 4) is 0 Å². The summed E-state index contributed by atoms with van der Waals surface area (Å²) in [5, 5.41) is 9.37. The van der Waals surface area contributed by atoms with Gasteiger partial charge >= 0.3 is 0 Å². The maximum Gasteiger partial charge on any atom is 0.287 e. The van der Waals surface area contributed by atoms with Crippen LogP contribution >= 0.6 is 0 Å². The van der Waals surface area contributed by atoms with Crippen molar-refractivity contribution in [3.63, 3.8) is 0 Å². The molecule has 6 nitrogen and oxygen atoms in total. The molecular formula is C18H27N3O3. The minimum absolute atomic E-state index is 0.134. The second-order valence-electron chi connectivity index (χ2n) is 7.07. The molecular weight excluding hydrogens is 306 g/mol. The molecule has 0 radical (unpaired) electrons. The number of fused-ring (bicyclic) bond motifs is 2. The summed E-state index contributed by atoms with van der Waals surface area (Å²) in [7, 11) is 0. The van der Waals surface area contributed by atoms with Gasteiger partial charge in [-0.3, -0.25) is 9.59 Å². The number of nitrogens with one attached hydrogen (secondary N) is 3. The molecule has 2 aliphatic rings. The van der Waals surface area contributed by atoms with E-state index in [1.807, 2.05) is 6.92 Å². The Labute approximate surface area is 142 Å². The first-order chi connectivity index (χ1) is 11.6. The van der Waals surface area contributed by atoms with E-state index in [2.05, 4.69) is 16.0 Å². The molecule has 3 N–H and O–H groups in total. The molecule has 0 aliphatic carbocycles. The molecule has 6 heteroatoms. The summed E-state index contributed by atoms with van der Waals surface area (Å²) in [6, 6.07) is 3.02. The minimum atomic E-state index is -0.200. The molecule has 1 aromatic heterocycles. The van der Waals surface area contributed by atoms with Gasteiger partial charge in [0, 0.05) is 37.2 Å². The summed E-state index contributed by atoms with van der Waals surface area (Å²) in [5.74, 6) is 0.813. The first kappa shape index (κ1) is 17.0. The Hall–Kier alpha value is -1.82. The molecule has 3 heterocycles. The van der Waals surface area contributed by atoms with Crippen LogP contribution in [0.1, 0.15) is 54.6 Å². The van der Waals surface area contributed by atoms with Crippen LogP contribution in [0.15, 0.2) is 16.7 Å². The van der Waals surface area contributed by atoms with Crippen molar-refractivity contribution in [1.82, 2.24) is 16.0 Å². The Balaban J connectivity index is 1.27. The highest BCUT2D eigenvalue weighted by atomic mass is 16.3. The van der Waals surface area contributed by atoms with E-state index in [9.17, 15) is 9.59 Å². The van der Waals surface area contributed by atoms with Crippen LogP contribution in [0.2, 0.25) is 0 Å². The van der Waals surface area contributed by atoms with E-state index in [1.165, 1.54) is 19.1 Å². The van der Waals surface area contributed by atoms with E-state index >= 15 is 0 Å². The molecule has 2 bridgehead atoms. The quantitative estimate of drug-likeness (QED) is 0.664. The molecule has 2 amide bonds. The number of aryl methyl sites for hydroxylation is 1. The molecule has 0 aromatic carbocycles. The van der Waals surface area contributed by atoms with Crippen LogP contribution in [0.5, 0.6) is 0 Å². The first-order valence-electron chi connectivity index (χ1n) is 8.97. The van der Waals surface area contributed by atoms with E-state index < -0.39 is 0 Å². The zero-order chi connectivity index (χ0) is 16.9. The SMILES string of the molecule is Cc1ccoc1C(=O)NCCCNC(=O)CC1CC2CCC(C1)N2. The zero-order valence-electron chi connectivity index (χ0n) is 14.3. The third-order valence-corrected chi connectivity index (χ3v) is 5.07. The van der Waals surface area contributed by atoms with Crippen molar-refractivity contribution in [2.75, 3.05) is 13.1 Å². The van der Waals surface area contributed by atoms with Crippen LogP contribution in [0.25, 0.3) is 0 Å². The lowest BCUT2D eigenvalue weighted by molar-refractivity contribution is -0.122. The summed E-state index contributed by atoms with van der Waals surface area (Å²) in [6.45, 7) is 2.95. The van der Waals surface area contributed by atoms with E-state index in [0.717, 1.165) is 18.4 Å². The third kappa shape index (κ3) is 4.38. The highest BCUT2D eigenvalue weighted by Crippen LogP contribution is 2.32. The van der Waals surface area contributed by atoms with Crippen molar-refractivity contribution >= 4 is 11.8 Å². The van der Waals surface area contributed by atoms with Crippen LogP contribution in [0, 0.1) is 12.8 Å². The van der Waals surface area contributed by atoms with Crippen LogP contribution in [-0.2, 0) is 4.79 Å². The van der Waals surface area contributed by atoms with Gasteiger partial charge in [-0.2, -0.15) is 0 Å². The highest BCUT2D eigenvalue weighted by molar-refractivity contribution is 5.92. The van der Waals surface area contributed by atoms with Crippen LogP contribution in [0.3, 0.4) is 0 Å². The smallest absolute Gasteiger partial charge is 0.287 e. The fourth-order valence-corrected chi connectivity index (χ4v) is 3.88. The van der Waals surface area contributed by atoms with Gasteiger partial charge in [0.05, 0.1) is 6.26 Å². The molecule has 0 saturated carbocycles. The molecule has 24 heavy (non-hydrogen) atoms. The summed E-state index contributed by atoms with van der Waals surface area (Å²) < 4.78 is 5.14. The predicted molar refractivity (Wildman–Crippen MR) is 90.7 cm³/mol. The lowest BCUT2D eigenvalue weighted by Crippen LogP contribution is -2.40. The van der Waals surface area contributed by atoms with Gasteiger partial charge in [-0.1, -0.05) is 0 Å². The summed E-state index contributed by atoms with van der Waals surface area (Å²) in [6.07, 6.45) is 7.64. The molecule has 2 unspecified atom stereocenters. The second kappa shape index (κ2) is 7.83. The molecule has 2 saturated heterocycles. The Morgan fingerprint density at radius 2 is 1.92 bits per heavy atom. The monoisotopic (exact) mass is 333 g/mol. The maximum absolute atomic E-state index is 12.0. The molecule has 132 valence electrons. The fourth-order valence-electron chi connectivity index (χ4n) is 3.88. The topological polar surface area (TPSA) is 83.4 Å². The van der Waals surface area contributed by atoms with Gasteiger partial charge < -0.3 is 20.4 Å². The highest BCUT2D eigenvalue weighted by Gasteiger charge is 2.34. The first-order valence-corrected chi connectivity index (χ1v) is 8.97. The standard InChI is InChI=1S/C18H27N3O3/c1-12-5-8-24-17(12)18(23)20-7-2-6-19-16(22)11-13-9-14-3-4-15(10-13)21-14/h5,8,13-15,21H,2-4,6-7,9-11H2,1H3,(H,19,22)(H,20,23). The van der Waals surface area contributed by atoms with Crippen LogP contribution in [0.4, 0.5) is 0 Å². The second-order valence-corrected chi connectivity index (χ2v) is 7.07. The lowest BCUT2D eigenvalue weighted by atomic mass is 9.89. The van der Waals surface area contributed by atoms with E-state index in [0.29, 0.717) is 49.7 Å². The van der Waals surface area contributed by atoms with Crippen LogP contribution < -0.4 is 16.0 Å². The minimum Gasteiger partial charge on any atom is -0.459 e. The Kier molecular flexibility index (Phi) is 5.56. The maximum atomic E-state index is 12.0. The Bertz CT molecular complexity index is 572. The predicted octanol–water partition coefficient (Wildman–Crippen LogP) is 1.74. The zero-order valence-corrected chi connectivity index (χ0v) is 14.3. The van der Waals surface area contributed by atoms with Gasteiger partial charge in [0.1, 0.15) is 0 Å². The lowest BCUT2D eigenvalue weighted by Gasteiger charge is -2.28. The van der Waals surface area contributed by atoms with Crippen molar-refractivity contribution in [2.24, 2.45) is 5.92 Å². The van der Waals surface area contributed by atoms with Gasteiger partial charge in [-0.15, -0.1) is 0 Å². The largest absolute Gasteiger partial charge is 0.459 e. The van der Waals surface area contributed by atoms with Crippen molar-refractivity contribution in [1.29, 1.82) is 0 Å². The van der Waals surface area contributed by atoms with Gasteiger partial charge in [-0.25, -0.2) is 0 Å².